The summed E-state index contributed by atoms with van der Waals surface area (Å²) in [6.45, 7) is 4.09. The molecule has 0 spiro atoms. The van der Waals surface area contributed by atoms with Crippen LogP contribution in [-0.4, -0.2) is 48.5 Å². The van der Waals surface area contributed by atoms with Crippen LogP contribution in [0.1, 0.15) is 51.1 Å². The van der Waals surface area contributed by atoms with Crippen molar-refractivity contribution in [2.24, 2.45) is 0 Å². The van der Waals surface area contributed by atoms with Gasteiger partial charge in [0, 0.05) is 30.9 Å². The number of rotatable bonds is 5. The van der Waals surface area contributed by atoms with Crippen molar-refractivity contribution in [1.29, 1.82) is 0 Å². The molecule has 2 aliphatic rings. The number of allylic oxidation sites excluding steroid dienone is 2. The van der Waals surface area contributed by atoms with Crippen molar-refractivity contribution in [2.45, 2.75) is 56.9 Å². The molecule has 28 heavy (non-hydrogen) atoms. The van der Waals surface area contributed by atoms with E-state index in [1.54, 1.807) is 6.08 Å². The second-order valence-electron chi connectivity index (χ2n) is 7.50. The number of unbranched alkanes of at least 4 members (excludes halogenated alkanes) is 1. The molecule has 6 heteroatoms. The molecule has 1 aromatic rings. The van der Waals surface area contributed by atoms with Crippen LogP contribution in [0.15, 0.2) is 53.5 Å². The van der Waals surface area contributed by atoms with E-state index in [4.69, 9.17) is 4.74 Å². The number of sulfone groups is 1. The normalized spacial score (nSPS) is 28.5. The summed E-state index contributed by atoms with van der Waals surface area (Å²) in [4.78, 5) is 0. The smallest absolute Gasteiger partial charge is 0.201 e. The minimum Gasteiger partial charge on any atom is -0.508 e. The highest BCUT2D eigenvalue weighted by Gasteiger charge is 2.48. The summed E-state index contributed by atoms with van der Waals surface area (Å²) in [5.41, 5.74) is 1.82. The molecule has 1 aromatic carbocycles. The average molecular weight is 405 g/mol. The zero-order chi connectivity index (χ0) is 20.3. The maximum absolute atomic E-state index is 13.3. The highest BCUT2D eigenvalue weighted by molar-refractivity contribution is 7.92. The van der Waals surface area contributed by atoms with Crippen LogP contribution in [0.5, 0.6) is 0 Å². The molecule has 1 fully saturated rings. The first-order valence-corrected chi connectivity index (χ1v) is 11.7. The number of aliphatic hydroxyl groups excluding tert-OH is 1. The molecule has 1 unspecified atom stereocenters. The van der Waals surface area contributed by atoms with Gasteiger partial charge < -0.3 is 9.84 Å². The summed E-state index contributed by atoms with van der Waals surface area (Å²) in [6.07, 6.45) is 6.63. The monoisotopic (exact) mass is 404 g/mol. The number of aliphatic hydroxyl groups is 1. The molecule has 1 N–H and O–H groups in total. The van der Waals surface area contributed by atoms with Gasteiger partial charge in [-0.25, -0.2) is 13.0 Å². The predicted molar refractivity (Wildman–Crippen MR) is 111 cm³/mol. The maximum Gasteiger partial charge on any atom is 0.201 e. The minimum atomic E-state index is -3.43. The Balaban J connectivity index is 2.22. The number of methoxy groups -OCH3 is 1. The third-order valence-electron chi connectivity index (χ3n) is 5.75. The van der Waals surface area contributed by atoms with Crippen molar-refractivity contribution in [3.05, 3.63) is 59.1 Å². The maximum atomic E-state index is 13.3. The Hall–Kier alpha value is -2.08. The van der Waals surface area contributed by atoms with Gasteiger partial charge in [0.05, 0.1) is 12.4 Å². The highest BCUT2D eigenvalue weighted by atomic mass is 32.2. The first-order valence-electron chi connectivity index (χ1n) is 9.94. The number of nitrogens with zero attached hydrogens (tertiary/aromatic N) is 1. The second-order valence-corrected chi connectivity index (χ2v) is 9.72. The Labute approximate surface area is 168 Å². The van der Waals surface area contributed by atoms with Gasteiger partial charge in [0.15, 0.2) is 21.6 Å². The van der Waals surface area contributed by atoms with Crippen LogP contribution in [0.4, 0.5) is 0 Å². The van der Waals surface area contributed by atoms with Crippen LogP contribution in [0.2, 0.25) is 0 Å². The number of fused-ring (bicyclic) bond motifs is 1. The Bertz CT molecular complexity index is 900. The van der Waals surface area contributed by atoms with E-state index in [2.05, 4.69) is 11.5 Å². The minimum absolute atomic E-state index is 0.00525. The number of benzene rings is 1. The molecule has 1 heterocycles. The third kappa shape index (κ3) is 3.88. The number of ether oxygens (including phenoxy) is 1. The lowest BCUT2D eigenvalue weighted by atomic mass is 9.89. The van der Waals surface area contributed by atoms with Gasteiger partial charge in [0.2, 0.25) is 6.04 Å². The van der Waals surface area contributed by atoms with E-state index < -0.39 is 15.1 Å². The molecule has 3 rings (SSSR count). The summed E-state index contributed by atoms with van der Waals surface area (Å²) >= 11 is 0. The molecule has 0 radical (unpaired) electrons. The molecular formula is C22H30NO4S+. The Morgan fingerprint density at radius 1 is 1.29 bits per heavy atom. The first kappa shape index (κ1) is 20.6. The SMILES string of the molecule is C/C=[N+]1\[C@H](CCCC)CS(=O)(=O)C2CC(O)=C(OC)C=C2[C@H]1c1ccccc1. The highest BCUT2D eigenvalue weighted by Crippen LogP contribution is 2.41. The van der Waals surface area contributed by atoms with Crippen LogP contribution in [0, 0.1) is 0 Å². The predicted octanol–water partition coefficient (Wildman–Crippen LogP) is 3.93. The zero-order valence-electron chi connectivity index (χ0n) is 16.8. The Morgan fingerprint density at radius 3 is 2.61 bits per heavy atom. The van der Waals surface area contributed by atoms with Gasteiger partial charge >= 0.3 is 0 Å². The summed E-state index contributed by atoms with van der Waals surface area (Å²) in [5, 5.41) is 9.61. The lowest BCUT2D eigenvalue weighted by molar-refractivity contribution is -0.591. The quantitative estimate of drug-likeness (QED) is 0.755. The molecule has 1 aliphatic carbocycles. The van der Waals surface area contributed by atoms with Gasteiger partial charge in [-0.3, -0.25) is 0 Å². The first-order chi connectivity index (χ1) is 13.4. The van der Waals surface area contributed by atoms with Crippen LogP contribution < -0.4 is 0 Å². The Kier molecular flexibility index (Phi) is 6.28. The molecule has 5 nitrogen and oxygen atoms in total. The largest absolute Gasteiger partial charge is 0.508 e. The average Bonchev–Trinajstić information content (AvgIpc) is 2.78. The molecule has 1 saturated heterocycles. The summed E-state index contributed by atoms with van der Waals surface area (Å²) in [7, 11) is -1.93. The van der Waals surface area contributed by atoms with E-state index in [1.165, 1.54) is 7.11 Å². The topological polar surface area (TPSA) is 66.6 Å². The lowest BCUT2D eigenvalue weighted by Gasteiger charge is -2.26. The molecule has 152 valence electrons. The van der Waals surface area contributed by atoms with Gasteiger partial charge in [0.1, 0.15) is 17.7 Å². The van der Waals surface area contributed by atoms with E-state index in [-0.39, 0.29) is 30.0 Å². The van der Waals surface area contributed by atoms with Gasteiger partial charge in [0.25, 0.3) is 0 Å². The van der Waals surface area contributed by atoms with E-state index >= 15 is 0 Å². The van der Waals surface area contributed by atoms with E-state index in [1.807, 2.05) is 43.5 Å². The number of hydrogen-bond donors (Lipinski definition) is 1. The van der Waals surface area contributed by atoms with Gasteiger partial charge in [-0.2, -0.15) is 0 Å². The third-order valence-corrected chi connectivity index (χ3v) is 7.91. The lowest BCUT2D eigenvalue weighted by Crippen LogP contribution is -2.33. The standard InChI is InChI=1S/C22H29NO4S/c1-4-6-12-17-15-28(25,26)21-14-19(24)20(27-3)13-18(21)22(23(17)5-2)16-10-8-7-9-11-16/h5,7-11,13,17,21-22H,4,6,12,14-15H2,1-3H3/p+1/b23-5+/t17-,21?,22-/m1/s1. The Morgan fingerprint density at radius 2 is 2.00 bits per heavy atom. The molecular weight excluding hydrogens is 374 g/mol. The van der Waals surface area contributed by atoms with Crippen LogP contribution in [0.25, 0.3) is 0 Å². The molecule has 0 bridgehead atoms. The van der Waals surface area contributed by atoms with E-state index in [0.29, 0.717) is 5.76 Å². The fourth-order valence-corrected chi connectivity index (χ4v) is 6.50. The fraction of sp³-hybridized carbons (Fsp3) is 0.500. The van der Waals surface area contributed by atoms with Gasteiger partial charge in [-0.05, 0) is 12.5 Å². The fourth-order valence-electron chi connectivity index (χ4n) is 4.37. The molecule has 0 amide bonds. The summed E-state index contributed by atoms with van der Waals surface area (Å²) < 4.78 is 34.2. The van der Waals surface area contributed by atoms with Crippen molar-refractivity contribution in [3.8, 4) is 0 Å². The van der Waals surface area contributed by atoms with Crippen molar-refractivity contribution in [3.63, 3.8) is 0 Å². The number of hydrogen-bond acceptors (Lipinski definition) is 4. The molecule has 1 aliphatic heterocycles. The van der Waals surface area contributed by atoms with E-state index in [9.17, 15) is 13.5 Å². The van der Waals surface area contributed by atoms with Crippen molar-refractivity contribution in [2.75, 3.05) is 12.9 Å². The van der Waals surface area contributed by atoms with Crippen LogP contribution >= 0.6 is 0 Å². The molecule has 3 atom stereocenters. The van der Waals surface area contributed by atoms with Gasteiger partial charge in [-0.1, -0.05) is 43.7 Å². The summed E-state index contributed by atoms with van der Waals surface area (Å²) in [6, 6.07) is 9.70. The van der Waals surface area contributed by atoms with Crippen molar-refractivity contribution in [1.82, 2.24) is 0 Å². The second kappa shape index (κ2) is 8.52. The van der Waals surface area contributed by atoms with Crippen LogP contribution in [-0.2, 0) is 14.6 Å². The zero-order valence-corrected chi connectivity index (χ0v) is 17.7. The molecule has 0 saturated carbocycles. The van der Waals surface area contributed by atoms with Gasteiger partial charge in [-0.15, -0.1) is 0 Å². The van der Waals surface area contributed by atoms with Crippen LogP contribution in [0.3, 0.4) is 0 Å². The van der Waals surface area contributed by atoms with Crippen molar-refractivity contribution < 1.29 is 22.8 Å². The molecule has 0 aromatic heterocycles. The summed E-state index contributed by atoms with van der Waals surface area (Å²) in [5.74, 6) is 0.453. The van der Waals surface area contributed by atoms with E-state index in [0.717, 1.165) is 30.4 Å². The van der Waals surface area contributed by atoms with Crippen molar-refractivity contribution >= 4 is 16.1 Å².